The summed E-state index contributed by atoms with van der Waals surface area (Å²) in [7, 11) is 0. The van der Waals surface area contributed by atoms with Crippen molar-refractivity contribution in [3.05, 3.63) is 0 Å². The van der Waals surface area contributed by atoms with Crippen molar-refractivity contribution in [3.8, 4) is 0 Å². The van der Waals surface area contributed by atoms with Gasteiger partial charge in [0.2, 0.25) is 17.6 Å². The highest BCUT2D eigenvalue weighted by Crippen LogP contribution is 2.65. The zero-order valence-corrected chi connectivity index (χ0v) is 24.2. The van der Waals surface area contributed by atoms with E-state index < -0.39 is 47.3 Å². The summed E-state index contributed by atoms with van der Waals surface area (Å²) in [5.41, 5.74) is 4.74. The fourth-order valence-corrected chi connectivity index (χ4v) is 7.08. The van der Waals surface area contributed by atoms with Crippen LogP contribution >= 0.6 is 0 Å². The summed E-state index contributed by atoms with van der Waals surface area (Å²) in [5, 5.41) is 8.68. The zero-order chi connectivity index (χ0) is 28.7. The number of urea groups is 1. The first-order valence-corrected chi connectivity index (χ1v) is 14.7. The van der Waals surface area contributed by atoms with Crippen LogP contribution in [0.2, 0.25) is 0 Å². The van der Waals surface area contributed by atoms with Crippen molar-refractivity contribution in [2.45, 2.75) is 116 Å². The number of fused-ring (bicyclic) bond motifs is 1. The lowest BCUT2D eigenvalue weighted by Crippen LogP contribution is -2.61. The van der Waals surface area contributed by atoms with Gasteiger partial charge in [0.15, 0.2) is 0 Å². The number of amides is 5. The van der Waals surface area contributed by atoms with Gasteiger partial charge < -0.3 is 26.6 Å². The molecule has 1 heterocycles. The van der Waals surface area contributed by atoms with E-state index >= 15 is 0 Å². The normalized spacial score (nSPS) is 27.9. The van der Waals surface area contributed by atoms with Crippen molar-refractivity contribution in [2.24, 2.45) is 34.8 Å². The number of Topliss-reactive ketones (excluding diaryl/α,β-unsaturated/α-hetero) is 1. The first-order valence-electron chi connectivity index (χ1n) is 14.7. The standard InChI is InChI=1S/C29H47N5O5/c1-28(2,3)33-27(39)32-21(17-12-7-6-8-13-17)26(38)34-15-18-20(29(18,4)5)22(34)25(37)31-19(23(35)24(30)36)14-16-10-9-11-16/h16-22H,6-15H2,1-5H3,(H2,30,36)(H,31,37)(H2,32,33,39)/t18?,19?,20?,21-,22?/m0/s1. The van der Waals surface area contributed by atoms with Gasteiger partial charge in [-0.3, -0.25) is 19.2 Å². The summed E-state index contributed by atoms with van der Waals surface area (Å²) in [4.78, 5) is 66.9. The van der Waals surface area contributed by atoms with Crippen LogP contribution in [0, 0.1) is 29.1 Å². The molecule has 39 heavy (non-hydrogen) atoms. The number of nitrogens with one attached hydrogen (secondary N) is 3. The van der Waals surface area contributed by atoms with Gasteiger partial charge >= 0.3 is 6.03 Å². The van der Waals surface area contributed by atoms with Gasteiger partial charge in [-0.2, -0.15) is 0 Å². The summed E-state index contributed by atoms with van der Waals surface area (Å²) >= 11 is 0. The lowest BCUT2D eigenvalue weighted by Gasteiger charge is -2.37. The Morgan fingerprint density at radius 2 is 1.59 bits per heavy atom. The van der Waals surface area contributed by atoms with E-state index in [0.717, 1.165) is 51.4 Å². The van der Waals surface area contributed by atoms with E-state index in [2.05, 4.69) is 29.8 Å². The van der Waals surface area contributed by atoms with E-state index in [9.17, 15) is 24.0 Å². The third-order valence-corrected chi connectivity index (χ3v) is 9.59. The van der Waals surface area contributed by atoms with E-state index in [1.165, 1.54) is 0 Å². The molecular weight excluding hydrogens is 498 g/mol. The van der Waals surface area contributed by atoms with Gasteiger partial charge in [-0.1, -0.05) is 52.4 Å². The molecule has 5 atom stereocenters. The molecule has 4 unspecified atom stereocenters. The largest absolute Gasteiger partial charge is 0.363 e. The molecule has 1 saturated heterocycles. The molecule has 0 radical (unpaired) electrons. The molecule has 4 rings (SSSR count). The zero-order valence-electron chi connectivity index (χ0n) is 24.2. The SMILES string of the molecule is CC(C)(C)NC(=O)N[C@H](C(=O)N1CC2C(C1C(=O)NC(CC1CCC1)C(=O)C(N)=O)C2(C)C)C1CCCCC1. The van der Waals surface area contributed by atoms with Crippen molar-refractivity contribution in [1.29, 1.82) is 0 Å². The van der Waals surface area contributed by atoms with Gasteiger partial charge in [0.25, 0.3) is 5.91 Å². The Bertz CT molecular complexity index is 995. The monoisotopic (exact) mass is 545 g/mol. The van der Waals surface area contributed by atoms with Crippen molar-refractivity contribution in [2.75, 3.05) is 6.54 Å². The smallest absolute Gasteiger partial charge is 0.315 e. The second kappa shape index (κ2) is 11.1. The van der Waals surface area contributed by atoms with E-state index in [4.69, 9.17) is 5.73 Å². The number of carbonyl (C=O) groups is 5. The van der Waals surface area contributed by atoms with Crippen molar-refractivity contribution >= 4 is 29.5 Å². The third kappa shape index (κ3) is 6.40. The third-order valence-electron chi connectivity index (χ3n) is 9.59. The van der Waals surface area contributed by atoms with E-state index in [-0.39, 0.29) is 35.0 Å². The fraction of sp³-hybridized carbons (Fsp3) is 0.828. The summed E-state index contributed by atoms with van der Waals surface area (Å²) in [6, 6.07) is -2.88. The second-order valence-corrected chi connectivity index (χ2v) is 13.9. The maximum absolute atomic E-state index is 14.2. The lowest BCUT2D eigenvalue weighted by atomic mass is 9.80. The average Bonchev–Trinajstić information content (AvgIpc) is 3.15. The quantitative estimate of drug-likeness (QED) is 0.328. The highest BCUT2D eigenvalue weighted by atomic mass is 16.2. The van der Waals surface area contributed by atoms with Crippen LogP contribution in [0.3, 0.4) is 0 Å². The van der Waals surface area contributed by atoms with Gasteiger partial charge in [0.1, 0.15) is 12.1 Å². The number of carbonyl (C=O) groups excluding carboxylic acids is 5. The molecule has 0 bridgehead atoms. The van der Waals surface area contributed by atoms with Gasteiger partial charge in [-0.15, -0.1) is 0 Å². The van der Waals surface area contributed by atoms with Gasteiger partial charge in [-0.05, 0) is 69.1 Å². The first-order chi connectivity index (χ1) is 18.2. The molecule has 3 saturated carbocycles. The topological polar surface area (TPSA) is 151 Å². The Hall–Kier alpha value is -2.65. The number of piperidine rings is 1. The number of nitrogens with two attached hydrogens (primary N) is 1. The van der Waals surface area contributed by atoms with Gasteiger partial charge in [0.05, 0.1) is 6.04 Å². The van der Waals surface area contributed by atoms with E-state index in [0.29, 0.717) is 13.0 Å². The molecule has 1 aliphatic heterocycles. The van der Waals surface area contributed by atoms with E-state index in [1.54, 1.807) is 4.90 Å². The predicted octanol–water partition coefficient (Wildman–Crippen LogP) is 2.25. The minimum atomic E-state index is -1.06. The second-order valence-electron chi connectivity index (χ2n) is 13.9. The number of hydrogen-bond donors (Lipinski definition) is 4. The number of nitrogens with zero attached hydrogens (tertiary/aromatic N) is 1. The Morgan fingerprint density at radius 3 is 2.13 bits per heavy atom. The maximum atomic E-state index is 14.2. The molecule has 10 nitrogen and oxygen atoms in total. The van der Waals surface area contributed by atoms with Crippen LogP contribution in [0.25, 0.3) is 0 Å². The average molecular weight is 546 g/mol. The molecule has 218 valence electrons. The van der Waals surface area contributed by atoms with Gasteiger partial charge in [0, 0.05) is 12.1 Å². The van der Waals surface area contributed by atoms with E-state index in [1.807, 2.05) is 20.8 Å². The fourth-order valence-electron chi connectivity index (χ4n) is 7.08. The molecule has 0 aromatic heterocycles. The minimum Gasteiger partial charge on any atom is -0.363 e. The van der Waals surface area contributed by atoms with Crippen LogP contribution in [-0.2, 0) is 19.2 Å². The molecule has 10 heteroatoms. The molecule has 0 aromatic rings. The van der Waals surface area contributed by atoms with Crippen molar-refractivity contribution in [1.82, 2.24) is 20.9 Å². The Kier molecular flexibility index (Phi) is 8.34. The maximum Gasteiger partial charge on any atom is 0.315 e. The molecule has 5 amide bonds. The lowest BCUT2D eigenvalue weighted by molar-refractivity contribution is -0.144. The van der Waals surface area contributed by atoms with Crippen LogP contribution in [0.4, 0.5) is 4.79 Å². The Labute approximate surface area is 231 Å². The number of likely N-dealkylation sites (tertiary alicyclic amines) is 1. The molecule has 0 spiro atoms. The first kappa shape index (κ1) is 29.3. The number of hydrogen-bond acceptors (Lipinski definition) is 5. The predicted molar refractivity (Wildman–Crippen MR) is 146 cm³/mol. The Morgan fingerprint density at radius 1 is 0.949 bits per heavy atom. The van der Waals surface area contributed by atoms with Crippen molar-refractivity contribution in [3.63, 3.8) is 0 Å². The highest BCUT2D eigenvalue weighted by Gasteiger charge is 2.69. The van der Waals surface area contributed by atoms with Crippen LogP contribution in [0.1, 0.15) is 92.4 Å². The minimum absolute atomic E-state index is 0.00609. The molecule has 4 aliphatic rings. The van der Waals surface area contributed by atoms with Crippen LogP contribution in [0.15, 0.2) is 0 Å². The Balaban J connectivity index is 1.55. The molecule has 0 aromatic carbocycles. The number of rotatable bonds is 9. The molecular formula is C29H47N5O5. The van der Waals surface area contributed by atoms with Crippen LogP contribution in [0.5, 0.6) is 0 Å². The number of ketones is 1. The summed E-state index contributed by atoms with van der Waals surface area (Å²) in [6.07, 6.45) is 8.13. The molecule has 5 N–H and O–H groups in total. The van der Waals surface area contributed by atoms with Crippen molar-refractivity contribution < 1.29 is 24.0 Å². The number of primary amides is 1. The summed E-state index contributed by atoms with van der Waals surface area (Å²) in [6.45, 7) is 10.3. The van der Waals surface area contributed by atoms with Gasteiger partial charge in [-0.25, -0.2) is 4.79 Å². The van der Waals surface area contributed by atoms with Crippen LogP contribution < -0.4 is 21.7 Å². The summed E-state index contributed by atoms with van der Waals surface area (Å²) in [5.74, 6) is -2.14. The summed E-state index contributed by atoms with van der Waals surface area (Å²) < 4.78 is 0. The molecule has 3 aliphatic carbocycles. The molecule has 4 fully saturated rings. The van der Waals surface area contributed by atoms with Crippen LogP contribution in [-0.4, -0.2) is 64.6 Å². The highest BCUT2D eigenvalue weighted by molar-refractivity contribution is 6.37.